The number of rotatable bonds is 3. The molecule has 0 spiro atoms. The molecule has 0 amide bonds. The van der Waals surface area contributed by atoms with Gasteiger partial charge in [0, 0.05) is 36.5 Å². The number of likely N-dealkylation sites (N-methyl/N-ethyl adjacent to an activating group) is 1. The van der Waals surface area contributed by atoms with Gasteiger partial charge in [-0.1, -0.05) is 5.92 Å². The van der Waals surface area contributed by atoms with Crippen LogP contribution in [0.25, 0.3) is 5.52 Å². The smallest absolute Gasteiger partial charge is 0.150 e. The zero-order valence-electron chi connectivity index (χ0n) is 16.3. The monoisotopic (exact) mass is 377 g/mol. The fourth-order valence-corrected chi connectivity index (χ4v) is 3.62. The number of benzene rings is 1. The van der Waals surface area contributed by atoms with Crippen molar-refractivity contribution in [1.82, 2.24) is 19.3 Å². The van der Waals surface area contributed by atoms with Crippen LogP contribution in [0.3, 0.4) is 0 Å². The van der Waals surface area contributed by atoms with Crippen molar-refractivity contribution < 1.29 is 9.47 Å². The van der Waals surface area contributed by atoms with Gasteiger partial charge < -0.3 is 20.1 Å². The van der Waals surface area contributed by atoms with E-state index in [0.717, 1.165) is 36.4 Å². The zero-order valence-corrected chi connectivity index (χ0v) is 16.3. The van der Waals surface area contributed by atoms with Gasteiger partial charge in [0.25, 0.3) is 0 Å². The standard InChI is InChI=1S/C21H23N5O2/c1-25-8-6-15(13-25)21-24-18(19-20(22)23-7-9-26(19)21)5-4-14-10-16(27-2)12-17(11-14)28-3/h7,9-12,15H,6,8,13H2,1-3H3,(H2,22,23). The maximum atomic E-state index is 6.17. The molecule has 2 aromatic heterocycles. The van der Waals surface area contributed by atoms with Crippen LogP contribution in [0.15, 0.2) is 30.6 Å². The number of ether oxygens (including phenoxy) is 2. The van der Waals surface area contributed by atoms with Crippen LogP contribution in [-0.2, 0) is 0 Å². The number of anilines is 1. The normalized spacial score (nSPS) is 16.8. The number of imidazole rings is 1. The van der Waals surface area contributed by atoms with Crippen LogP contribution in [0.2, 0.25) is 0 Å². The lowest BCUT2D eigenvalue weighted by Gasteiger charge is -2.09. The summed E-state index contributed by atoms with van der Waals surface area (Å²) in [5.74, 6) is 9.49. The van der Waals surface area contributed by atoms with Gasteiger partial charge >= 0.3 is 0 Å². The van der Waals surface area contributed by atoms with Crippen molar-refractivity contribution in [2.45, 2.75) is 12.3 Å². The Morgan fingerprint density at radius 1 is 1.14 bits per heavy atom. The Morgan fingerprint density at radius 3 is 2.54 bits per heavy atom. The van der Waals surface area contributed by atoms with Crippen molar-refractivity contribution in [2.75, 3.05) is 40.1 Å². The molecule has 0 saturated carbocycles. The minimum atomic E-state index is 0.353. The summed E-state index contributed by atoms with van der Waals surface area (Å²) >= 11 is 0. The third-order valence-electron chi connectivity index (χ3n) is 5.04. The van der Waals surface area contributed by atoms with Crippen molar-refractivity contribution in [3.63, 3.8) is 0 Å². The fourth-order valence-electron chi connectivity index (χ4n) is 3.62. The van der Waals surface area contributed by atoms with E-state index >= 15 is 0 Å². The minimum absolute atomic E-state index is 0.353. The molecule has 0 aliphatic carbocycles. The first-order valence-corrected chi connectivity index (χ1v) is 9.15. The van der Waals surface area contributed by atoms with Crippen LogP contribution in [0.1, 0.15) is 29.4 Å². The molecule has 1 fully saturated rings. The molecule has 3 heterocycles. The van der Waals surface area contributed by atoms with Crippen molar-refractivity contribution in [3.05, 3.63) is 47.7 Å². The number of nitrogens with two attached hydrogens (primary N) is 1. The second-order valence-electron chi connectivity index (χ2n) is 6.95. The molecule has 144 valence electrons. The lowest BCUT2D eigenvalue weighted by Crippen LogP contribution is -2.14. The van der Waals surface area contributed by atoms with Gasteiger partial charge in [0.05, 0.1) is 14.2 Å². The number of hydrogen-bond acceptors (Lipinski definition) is 6. The molecule has 1 saturated heterocycles. The number of hydrogen-bond donors (Lipinski definition) is 1. The van der Waals surface area contributed by atoms with E-state index in [1.54, 1.807) is 20.4 Å². The fraction of sp³-hybridized carbons (Fsp3) is 0.333. The molecule has 3 aromatic rings. The maximum Gasteiger partial charge on any atom is 0.150 e. The second kappa shape index (κ2) is 7.41. The van der Waals surface area contributed by atoms with Gasteiger partial charge in [-0.2, -0.15) is 0 Å². The van der Waals surface area contributed by atoms with Gasteiger partial charge in [0.1, 0.15) is 28.5 Å². The summed E-state index contributed by atoms with van der Waals surface area (Å²) in [6.07, 6.45) is 4.68. The molecule has 28 heavy (non-hydrogen) atoms. The van der Waals surface area contributed by atoms with Crippen LogP contribution in [0.5, 0.6) is 11.5 Å². The lowest BCUT2D eigenvalue weighted by molar-refractivity contribution is 0.394. The zero-order chi connectivity index (χ0) is 19.7. The summed E-state index contributed by atoms with van der Waals surface area (Å²) in [5, 5.41) is 0. The van der Waals surface area contributed by atoms with E-state index in [4.69, 9.17) is 20.2 Å². The molecule has 2 N–H and O–H groups in total. The number of aromatic nitrogens is 3. The Labute approximate surface area is 164 Å². The molecule has 4 rings (SSSR count). The number of nitrogen functional groups attached to an aromatic ring is 1. The molecule has 7 heteroatoms. The average molecular weight is 377 g/mol. The van der Waals surface area contributed by atoms with Gasteiger partial charge in [0.2, 0.25) is 0 Å². The first-order chi connectivity index (χ1) is 13.6. The molecule has 1 unspecified atom stereocenters. The molecule has 0 radical (unpaired) electrons. The van der Waals surface area contributed by atoms with Gasteiger partial charge in [-0.15, -0.1) is 0 Å². The third kappa shape index (κ3) is 3.35. The van der Waals surface area contributed by atoms with Crippen molar-refractivity contribution in [2.24, 2.45) is 0 Å². The highest BCUT2D eigenvalue weighted by atomic mass is 16.5. The molecule has 0 bridgehead atoms. The highest BCUT2D eigenvalue weighted by molar-refractivity contribution is 5.73. The Hall–Kier alpha value is -3.24. The van der Waals surface area contributed by atoms with E-state index in [9.17, 15) is 0 Å². The highest BCUT2D eigenvalue weighted by Crippen LogP contribution is 2.29. The van der Waals surface area contributed by atoms with Crippen LogP contribution in [0, 0.1) is 11.8 Å². The van der Waals surface area contributed by atoms with E-state index in [2.05, 4.69) is 28.8 Å². The van der Waals surface area contributed by atoms with E-state index < -0.39 is 0 Å². The van der Waals surface area contributed by atoms with Crippen molar-refractivity contribution in [3.8, 4) is 23.3 Å². The predicted molar refractivity (Wildman–Crippen MR) is 108 cm³/mol. The van der Waals surface area contributed by atoms with Gasteiger partial charge in [-0.05, 0) is 38.1 Å². The van der Waals surface area contributed by atoms with Gasteiger partial charge in [0.15, 0.2) is 5.82 Å². The first-order valence-electron chi connectivity index (χ1n) is 9.15. The van der Waals surface area contributed by atoms with E-state index in [1.165, 1.54) is 0 Å². The van der Waals surface area contributed by atoms with E-state index in [1.807, 2.05) is 28.8 Å². The van der Waals surface area contributed by atoms with E-state index in [0.29, 0.717) is 28.9 Å². The number of fused-ring (bicyclic) bond motifs is 1. The number of methoxy groups -OCH3 is 2. The molecular formula is C21H23N5O2. The highest BCUT2D eigenvalue weighted by Gasteiger charge is 2.26. The second-order valence-corrected chi connectivity index (χ2v) is 6.95. The quantitative estimate of drug-likeness (QED) is 0.705. The molecule has 1 aromatic carbocycles. The molecule has 1 atom stereocenters. The average Bonchev–Trinajstić information content (AvgIpc) is 3.30. The molecule has 1 aliphatic heterocycles. The lowest BCUT2D eigenvalue weighted by atomic mass is 10.1. The largest absolute Gasteiger partial charge is 0.497 e. The SMILES string of the molecule is COc1cc(C#Cc2nc(C3CCN(C)C3)n3ccnc(N)c23)cc(OC)c1. The summed E-state index contributed by atoms with van der Waals surface area (Å²) in [4.78, 5) is 11.4. The third-order valence-corrected chi connectivity index (χ3v) is 5.04. The molecular weight excluding hydrogens is 354 g/mol. The molecule has 7 nitrogen and oxygen atoms in total. The van der Waals surface area contributed by atoms with Crippen LogP contribution in [-0.4, -0.2) is 53.6 Å². The number of likely N-dealkylation sites (tertiary alicyclic amines) is 1. The van der Waals surface area contributed by atoms with Crippen LogP contribution in [0.4, 0.5) is 5.82 Å². The van der Waals surface area contributed by atoms with Crippen LogP contribution >= 0.6 is 0 Å². The Bertz CT molecular complexity index is 1060. The summed E-state index contributed by atoms with van der Waals surface area (Å²) in [6.45, 7) is 2.03. The number of nitrogens with zero attached hydrogens (tertiary/aromatic N) is 4. The summed E-state index contributed by atoms with van der Waals surface area (Å²) in [5.41, 5.74) is 8.34. The van der Waals surface area contributed by atoms with E-state index in [-0.39, 0.29) is 0 Å². The van der Waals surface area contributed by atoms with Crippen molar-refractivity contribution >= 4 is 11.3 Å². The van der Waals surface area contributed by atoms with Gasteiger partial charge in [-0.3, -0.25) is 4.40 Å². The Balaban J connectivity index is 1.79. The Kier molecular flexibility index (Phi) is 4.80. The minimum Gasteiger partial charge on any atom is -0.497 e. The van der Waals surface area contributed by atoms with Gasteiger partial charge in [-0.25, -0.2) is 9.97 Å². The summed E-state index contributed by atoms with van der Waals surface area (Å²) < 4.78 is 12.7. The topological polar surface area (TPSA) is 77.9 Å². The van der Waals surface area contributed by atoms with Crippen LogP contribution < -0.4 is 15.2 Å². The first kappa shape index (κ1) is 18.1. The summed E-state index contributed by atoms with van der Waals surface area (Å²) in [7, 11) is 5.36. The Morgan fingerprint density at radius 2 is 1.89 bits per heavy atom. The molecule has 1 aliphatic rings. The predicted octanol–water partition coefficient (Wildman–Crippen LogP) is 2.15. The summed E-state index contributed by atoms with van der Waals surface area (Å²) in [6, 6.07) is 5.54. The maximum absolute atomic E-state index is 6.17. The van der Waals surface area contributed by atoms with Crippen molar-refractivity contribution in [1.29, 1.82) is 0 Å².